The van der Waals surface area contributed by atoms with Gasteiger partial charge in [0.15, 0.2) is 17.2 Å². The molecule has 9 nitrogen and oxygen atoms in total. The van der Waals surface area contributed by atoms with E-state index in [0.29, 0.717) is 43.6 Å². The minimum atomic E-state index is -1.06. The van der Waals surface area contributed by atoms with Gasteiger partial charge in [0.1, 0.15) is 37.9 Å². The molecule has 0 amide bonds. The van der Waals surface area contributed by atoms with Crippen LogP contribution >= 0.6 is 0 Å². The van der Waals surface area contributed by atoms with E-state index in [1.807, 2.05) is 60.7 Å². The molecule has 0 saturated carbocycles. The van der Waals surface area contributed by atoms with Gasteiger partial charge in [-0.2, -0.15) is 0 Å². The van der Waals surface area contributed by atoms with Crippen LogP contribution < -0.4 is 24.3 Å². The molecule has 0 bridgehead atoms. The second-order valence-electron chi connectivity index (χ2n) is 10.5. The molecule has 0 spiro atoms. The largest absolute Gasteiger partial charge is 0.489 e. The number of benzene rings is 4. The zero-order valence-electron chi connectivity index (χ0n) is 24.4. The highest BCUT2D eigenvalue weighted by Crippen LogP contribution is 2.36. The summed E-state index contributed by atoms with van der Waals surface area (Å²) in [5.41, 5.74) is 6.46. The first-order chi connectivity index (χ1) is 21.4. The predicted octanol–water partition coefficient (Wildman–Crippen LogP) is 6.07. The molecule has 1 atom stereocenters. The fourth-order valence-electron chi connectivity index (χ4n) is 4.95. The number of nitrogens with zero attached hydrogens (tertiary/aromatic N) is 1. The normalized spacial score (nSPS) is 12.7. The van der Waals surface area contributed by atoms with E-state index >= 15 is 0 Å². The molecule has 0 saturated heterocycles. The van der Waals surface area contributed by atoms with Gasteiger partial charge in [-0.25, -0.2) is 4.85 Å². The first-order valence-electron chi connectivity index (χ1n) is 14.3. The summed E-state index contributed by atoms with van der Waals surface area (Å²) in [7, 11) is 0. The maximum absolute atomic E-state index is 10.9. The number of carboxylic acid groups (broad SMARTS) is 1. The van der Waals surface area contributed by atoms with Crippen LogP contribution in [0, 0.1) is 13.5 Å². The lowest BCUT2D eigenvalue weighted by Gasteiger charge is -2.20. The highest BCUT2D eigenvalue weighted by Gasteiger charge is 2.15. The summed E-state index contributed by atoms with van der Waals surface area (Å²) >= 11 is 0. The van der Waals surface area contributed by atoms with Gasteiger partial charge in [0.25, 0.3) is 0 Å². The van der Waals surface area contributed by atoms with Crippen molar-refractivity contribution < 1.29 is 34.0 Å². The highest BCUT2D eigenvalue weighted by atomic mass is 16.6. The minimum absolute atomic E-state index is 0.121. The number of nitrogens with one attached hydrogen (secondary N) is 1. The van der Waals surface area contributed by atoms with Gasteiger partial charge in [-0.3, -0.25) is 4.79 Å². The van der Waals surface area contributed by atoms with E-state index in [0.717, 1.165) is 44.9 Å². The lowest BCUT2D eigenvalue weighted by molar-refractivity contribution is -0.139. The molecule has 9 heteroatoms. The van der Waals surface area contributed by atoms with Crippen LogP contribution in [0.2, 0.25) is 0 Å². The number of fused-ring (bicyclic) bond motifs is 1. The minimum Gasteiger partial charge on any atom is -0.489 e. The summed E-state index contributed by atoms with van der Waals surface area (Å²) in [5, 5.41) is 21.9. The monoisotopic (exact) mass is 594 g/mol. The Balaban J connectivity index is 1.31. The van der Waals surface area contributed by atoms with Gasteiger partial charge in [0.2, 0.25) is 0 Å². The SMILES string of the molecule is [C-]#[N+]c1cccc(COc2cc(OCc3cccc(-c4ccc5c(c4)OCCO5)c3C)ccc2CNC[C@@H](O)CC(=O)O)c1. The number of hydrogen-bond donors (Lipinski definition) is 3. The first-order valence-corrected chi connectivity index (χ1v) is 14.3. The van der Waals surface area contributed by atoms with E-state index in [-0.39, 0.29) is 19.6 Å². The van der Waals surface area contributed by atoms with Crippen molar-refractivity contribution in [1.29, 1.82) is 0 Å². The molecular formula is C35H34N2O7. The van der Waals surface area contributed by atoms with Crippen LogP contribution in [0.25, 0.3) is 16.0 Å². The van der Waals surface area contributed by atoms with Crippen molar-refractivity contribution in [3.05, 3.63) is 113 Å². The fourth-order valence-corrected chi connectivity index (χ4v) is 4.95. The average molecular weight is 595 g/mol. The molecular weight excluding hydrogens is 560 g/mol. The predicted molar refractivity (Wildman–Crippen MR) is 165 cm³/mol. The van der Waals surface area contributed by atoms with Crippen molar-refractivity contribution in [1.82, 2.24) is 5.32 Å². The number of hydrogen-bond acceptors (Lipinski definition) is 7. The maximum Gasteiger partial charge on any atom is 0.306 e. The maximum atomic E-state index is 10.9. The Bertz CT molecular complexity index is 1660. The number of ether oxygens (including phenoxy) is 4. The Morgan fingerprint density at radius 2 is 1.77 bits per heavy atom. The third-order valence-electron chi connectivity index (χ3n) is 7.27. The first kappa shape index (κ1) is 30.4. The molecule has 4 aromatic carbocycles. The van der Waals surface area contributed by atoms with Gasteiger partial charge in [0, 0.05) is 24.7 Å². The molecule has 1 aliphatic heterocycles. The lowest BCUT2D eigenvalue weighted by atomic mass is 9.96. The smallest absolute Gasteiger partial charge is 0.306 e. The van der Waals surface area contributed by atoms with Crippen LogP contribution in [0.5, 0.6) is 23.0 Å². The molecule has 0 aromatic heterocycles. The summed E-state index contributed by atoms with van der Waals surface area (Å²) < 4.78 is 23.9. The van der Waals surface area contributed by atoms with E-state index in [2.05, 4.69) is 23.2 Å². The number of aliphatic carboxylic acids is 1. The molecule has 0 aliphatic carbocycles. The molecule has 1 aliphatic rings. The topological polar surface area (TPSA) is 111 Å². The quantitative estimate of drug-likeness (QED) is 0.160. The summed E-state index contributed by atoms with van der Waals surface area (Å²) in [4.78, 5) is 14.4. The number of aliphatic hydroxyl groups excluding tert-OH is 1. The fraction of sp³-hybridized carbons (Fsp3) is 0.257. The third kappa shape index (κ3) is 7.86. The van der Waals surface area contributed by atoms with Crippen LogP contribution in [0.15, 0.2) is 78.9 Å². The molecule has 0 fully saturated rings. The van der Waals surface area contributed by atoms with Crippen molar-refractivity contribution in [3.63, 3.8) is 0 Å². The standard InChI is InChI=1S/C35H34N2O7/c1-23-27(6-4-8-31(23)25-10-12-32-34(16-25)42-14-13-41-32)22-43-30-11-9-26(19-37-20-29(38)17-35(39)40)33(18-30)44-21-24-5-3-7-28(15-24)36-2/h3-12,15-16,18,29,37-38H,13-14,17,19-22H2,1H3,(H,39,40)/t29-/m0/s1. The zero-order valence-corrected chi connectivity index (χ0v) is 24.4. The van der Waals surface area contributed by atoms with Crippen molar-refractivity contribution in [2.75, 3.05) is 19.8 Å². The average Bonchev–Trinajstić information content (AvgIpc) is 3.03. The van der Waals surface area contributed by atoms with E-state index in [9.17, 15) is 9.90 Å². The third-order valence-corrected chi connectivity index (χ3v) is 7.27. The molecule has 1 heterocycles. The Morgan fingerprint density at radius 1 is 0.955 bits per heavy atom. The summed E-state index contributed by atoms with van der Waals surface area (Å²) in [6.07, 6.45) is -1.34. The van der Waals surface area contributed by atoms with E-state index in [1.54, 1.807) is 12.1 Å². The van der Waals surface area contributed by atoms with Crippen molar-refractivity contribution in [2.24, 2.45) is 0 Å². The van der Waals surface area contributed by atoms with Gasteiger partial charge < -0.3 is 34.5 Å². The van der Waals surface area contributed by atoms with Crippen LogP contribution in [-0.4, -0.2) is 42.0 Å². The van der Waals surface area contributed by atoms with Gasteiger partial charge in [-0.05, 0) is 59.0 Å². The highest BCUT2D eigenvalue weighted by molar-refractivity contribution is 5.71. The Kier molecular flexibility index (Phi) is 9.97. The summed E-state index contributed by atoms with van der Waals surface area (Å²) in [5.74, 6) is 1.64. The van der Waals surface area contributed by atoms with Gasteiger partial charge in [-0.1, -0.05) is 48.5 Å². The second kappa shape index (κ2) is 14.4. The Morgan fingerprint density at radius 3 is 2.59 bits per heavy atom. The van der Waals surface area contributed by atoms with E-state index in [1.165, 1.54) is 0 Å². The van der Waals surface area contributed by atoms with Gasteiger partial charge in [-0.15, -0.1) is 0 Å². The number of carbonyl (C=O) groups is 1. The molecule has 44 heavy (non-hydrogen) atoms. The Labute approximate surface area is 256 Å². The summed E-state index contributed by atoms with van der Waals surface area (Å²) in [6, 6.07) is 24.9. The van der Waals surface area contributed by atoms with E-state index < -0.39 is 12.1 Å². The second-order valence-corrected chi connectivity index (χ2v) is 10.5. The zero-order chi connectivity index (χ0) is 30.9. The molecule has 0 radical (unpaired) electrons. The van der Waals surface area contributed by atoms with Gasteiger partial charge in [0.05, 0.1) is 19.1 Å². The molecule has 0 unspecified atom stereocenters. The van der Waals surface area contributed by atoms with Crippen LogP contribution in [-0.2, 0) is 24.6 Å². The number of aliphatic hydroxyl groups is 1. The lowest BCUT2D eigenvalue weighted by Crippen LogP contribution is -2.28. The van der Waals surface area contributed by atoms with E-state index in [4.69, 9.17) is 30.6 Å². The number of rotatable bonds is 13. The molecule has 5 rings (SSSR count). The van der Waals surface area contributed by atoms with Crippen molar-refractivity contribution >= 4 is 11.7 Å². The van der Waals surface area contributed by atoms with Crippen molar-refractivity contribution in [3.8, 4) is 34.1 Å². The van der Waals surface area contributed by atoms with Crippen LogP contribution in [0.3, 0.4) is 0 Å². The van der Waals surface area contributed by atoms with Crippen molar-refractivity contribution in [2.45, 2.75) is 39.2 Å². The molecule has 226 valence electrons. The van der Waals surface area contributed by atoms with Crippen LogP contribution in [0.1, 0.15) is 28.7 Å². The van der Waals surface area contributed by atoms with Crippen LogP contribution in [0.4, 0.5) is 5.69 Å². The van der Waals surface area contributed by atoms with Gasteiger partial charge >= 0.3 is 5.97 Å². The molecule has 3 N–H and O–H groups in total. The Hall–Kier alpha value is -5.04. The summed E-state index contributed by atoms with van der Waals surface area (Å²) in [6.45, 7) is 11.5. The molecule has 4 aromatic rings. The number of carboxylic acids is 1.